The molecular weight excluding hydrogens is 292 g/mol. The van der Waals surface area contributed by atoms with Crippen LogP contribution >= 0.6 is 0 Å². The number of methoxy groups -OCH3 is 1. The van der Waals surface area contributed by atoms with Crippen molar-refractivity contribution < 1.29 is 14.3 Å². The summed E-state index contributed by atoms with van der Waals surface area (Å²) in [7, 11) is 1.52. The van der Waals surface area contributed by atoms with Crippen LogP contribution in [0.25, 0.3) is 0 Å². The molecule has 0 spiro atoms. The van der Waals surface area contributed by atoms with E-state index in [1.165, 1.54) is 7.11 Å². The van der Waals surface area contributed by atoms with Crippen molar-refractivity contribution in [2.45, 2.75) is 45.1 Å². The normalized spacial score (nSPS) is 23.8. The van der Waals surface area contributed by atoms with E-state index in [0.29, 0.717) is 29.5 Å². The van der Waals surface area contributed by atoms with Crippen LogP contribution in [0.15, 0.2) is 18.2 Å². The first kappa shape index (κ1) is 17.3. The van der Waals surface area contributed by atoms with Crippen molar-refractivity contribution in [3.05, 3.63) is 23.8 Å². The van der Waals surface area contributed by atoms with Crippen LogP contribution in [0.5, 0.6) is 5.75 Å². The zero-order valence-corrected chi connectivity index (χ0v) is 14.0. The highest BCUT2D eigenvalue weighted by Gasteiger charge is 2.42. The van der Waals surface area contributed by atoms with Gasteiger partial charge in [0, 0.05) is 12.3 Å². The van der Waals surface area contributed by atoms with E-state index in [1.54, 1.807) is 18.2 Å². The Morgan fingerprint density at radius 1 is 1.52 bits per heavy atom. The summed E-state index contributed by atoms with van der Waals surface area (Å²) in [6.45, 7) is 4.57. The first-order valence-corrected chi connectivity index (χ1v) is 8.08. The minimum absolute atomic E-state index is 0.125. The van der Waals surface area contributed by atoms with E-state index in [-0.39, 0.29) is 5.91 Å². The second kappa shape index (κ2) is 7.47. The molecule has 0 radical (unpaired) electrons. The molecule has 1 aromatic rings. The van der Waals surface area contributed by atoms with Gasteiger partial charge >= 0.3 is 0 Å². The quantitative estimate of drug-likeness (QED) is 0.902. The van der Waals surface area contributed by atoms with Gasteiger partial charge < -0.3 is 14.8 Å². The summed E-state index contributed by atoms with van der Waals surface area (Å²) < 4.78 is 11.0. The molecule has 0 heterocycles. The number of ether oxygens (including phenoxy) is 2. The molecule has 1 N–H and O–H groups in total. The molecule has 0 aliphatic heterocycles. The van der Waals surface area contributed by atoms with Gasteiger partial charge in [0.2, 0.25) is 0 Å². The van der Waals surface area contributed by atoms with Gasteiger partial charge in [-0.15, -0.1) is 0 Å². The molecule has 5 heteroatoms. The molecule has 2 rings (SSSR count). The topological polar surface area (TPSA) is 71.3 Å². The van der Waals surface area contributed by atoms with E-state index in [1.807, 2.05) is 6.92 Å². The number of amides is 1. The highest BCUT2D eigenvalue weighted by Crippen LogP contribution is 2.36. The molecule has 1 saturated carbocycles. The molecule has 0 saturated heterocycles. The third-order valence-corrected chi connectivity index (χ3v) is 4.37. The Hall–Kier alpha value is -2.06. The second-order valence-electron chi connectivity index (χ2n) is 6.11. The molecular formula is C18H24N2O3. The molecule has 2 atom stereocenters. The average Bonchev–Trinajstić information content (AvgIpc) is 2.55. The van der Waals surface area contributed by atoms with Gasteiger partial charge in [-0.3, -0.25) is 4.79 Å². The first-order chi connectivity index (χ1) is 11.0. The van der Waals surface area contributed by atoms with Gasteiger partial charge in [-0.25, -0.2) is 0 Å². The monoisotopic (exact) mass is 316 g/mol. The highest BCUT2D eigenvalue weighted by molar-refractivity contribution is 5.97. The van der Waals surface area contributed by atoms with Gasteiger partial charge in [0.25, 0.3) is 5.91 Å². The number of anilines is 1. The Morgan fingerprint density at radius 2 is 2.30 bits per heavy atom. The predicted molar refractivity (Wildman–Crippen MR) is 88.3 cm³/mol. The maximum Gasteiger partial charge on any atom is 0.256 e. The minimum Gasteiger partial charge on any atom is -0.495 e. The van der Waals surface area contributed by atoms with Crippen LogP contribution in [-0.4, -0.2) is 25.2 Å². The third-order valence-electron chi connectivity index (χ3n) is 4.37. The lowest BCUT2D eigenvalue weighted by Gasteiger charge is -2.38. The van der Waals surface area contributed by atoms with Gasteiger partial charge in [0.15, 0.2) is 0 Å². The molecule has 124 valence electrons. The maximum atomic E-state index is 12.8. The lowest BCUT2D eigenvalue weighted by Crippen LogP contribution is -2.48. The molecule has 1 aliphatic rings. The Bertz CT molecular complexity index is 605. The molecule has 0 unspecified atom stereocenters. The van der Waals surface area contributed by atoms with Crippen molar-refractivity contribution >= 4 is 11.6 Å². The molecule has 1 aliphatic carbocycles. The molecule has 0 bridgehead atoms. The Balaban J connectivity index is 2.20. The number of nitrogens with zero attached hydrogens (tertiary/aromatic N) is 1. The number of nitriles is 1. The molecule has 23 heavy (non-hydrogen) atoms. The summed E-state index contributed by atoms with van der Waals surface area (Å²) in [4.78, 5) is 12.8. The maximum absolute atomic E-state index is 12.8. The number of benzene rings is 1. The zero-order valence-electron chi connectivity index (χ0n) is 14.0. The number of carbonyl (C=O) groups excluding carboxylic acids is 1. The van der Waals surface area contributed by atoms with Crippen molar-refractivity contribution in [1.29, 1.82) is 5.26 Å². The predicted octanol–water partition coefficient (Wildman–Crippen LogP) is 3.49. The van der Waals surface area contributed by atoms with Gasteiger partial charge in [0.05, 0.1) is 12.7 Å². The minimum atomic E-state index is -0.765. The zero-order chi connectivity index (χ0) is 16.9. The van der Waals surface area contributed by atoms with Gasteiger partial charge in [0.1, 0.15) is 17.4 Å². The van der Waals surface area contributed by atoms with Gasteiger partial charge in [-0.1, -0.05) is 13.3 Å². The van der Waals surface area contributed by atoms with E-state index in [0.717, 1.165) is 25.7 Å². The number of carbonyl (C=O) groups is 1. The SMILES string of the molecule is CCO[C@]1(C(=O)Nc2ccc(OC)c(C#N)c2)CCC[C@H](C)C1. The summed E-state index contributed by atoms with van der Waals surface area (Å²) >= 11 is 0. The van der Waals surface area contributed by atoms with E-state index >= 15 is 0 Å². The van der Waals surface area contributed by atoms with Crippen molar-refractivity contribution in [3.63, 3.8) is 0 Å². The van der Waals surface area contributed by atoms with Crippen LogP contribution in [0.4, 0.5) is 5.69 Å². The standard InChI is InChI=1S/C18H24N2O3/c1-4-23-18(9-5-6-13(2)11-18)17(21)20-15-7-8-16(22-3)14(10-15)12-19/h7-8,10,13H,4-6,9,11H2,1-3H3,(H,20,21)/t13-,18+/m0/s1. The lowest BCUT2D eigenvalue weighted by molar-refractivity contribution is -0.147. The summed E-state index contributed by atoms with van der Waals surface area (Å²) in [6.07, 6.45) is 3.58. The van der Waals surface area contributed by atoms with Crippen LogP contribution in [0.3, 0.4) is 0 Å². The van der Waals surface area contributed by atoms with E-state index in [4.69, 9.17) is 14.7 Å². The van der Waals surface area contributed by atoms with Crippen LogP contribution in [0, 0.1) is 17.2 Å². The molecule has 0 aromatic heterocycles. The molecule has 5 nitrogen and oxygen atoms in total. The number of rotatable bonds is 5. The largest absolute Gasteiger partial charge is 0.495 e. The second-order valence-corrected chi connectivity index (χ2v) is 6.11. The fourth-order valence-corrected chi connectivity index (χ4v) is 3.30. The smallest absolute Gasteiger partial charge is 0.256 e. The van der Waals surface area contributed by atoms with Crippen LogP contribution in [-0.2, 0) is 9.53 Å². The van der Waals surface area contributed by atoms with Crippen LogP contribution in [0.1, 0.15) is 45.1 Å². The Labute approximate surface area is 137 Å². The van der Waals surface area contributed by atoms with Gasteiger partial charge in [-0.2, -0.15) is 5.26 Å². The molecule has 1 fully saturated rings. The van der Waals surface area contributed by atoms with Crippen molar-refractivity contribution in [2.24, 2.45) is 5.92 Å². The van der Waals surface area contributed by atoms with E-state index in [9.17, 15) is 4.79 Å². The Morgan fingerprint density at radius 3 is 2.91 bits per heavy atom. The van der Waals surface area contributed by atoms with Gasteiger partial charge in [-0.05, 0) is 50.3 Å². The Kier molecular flexibility index (Phi) is 5.62. The van der Waals surface area contributed by atoms with Crippen molar-refractivity contribution in [3.8, 4) is 11.8 Å². The summed E-state index contributed by atoms with van der Waals surface area (Å²) in [5.74, 6) is 0.836. The van der Waals surface area contributed by atoms with E-state index < -0.39 is 5.60 Å². The van der Waals surface area contributed by atoms with Crippen LogP contribution in [0.2, 0.25) is 0 Å². The number of nitrogens with one attached hydrogen (secondary N) is 1. The third kappa shape index (κ3) is 3.83. The molecule has 1 aromatic carbocycles. The molecule has 1 amide bonds. The number of hydrogen-bond acceptors (Lipinski definition) is 4. The lowest BCUT2D eigenvalue weighted by atomic mass is 9.78. The highest BCUT2D eigenvalue weighted by atomic mass is 16.5. The number of hydrogen-bond donors (Lipinski definition) is 1. The average molecular weight is 316 g/mol. The van der Waals surface area contributed by atoms with Crippen LogP contribution < -0.4 is 10.1 Å². The van der Waals surface area contributed by atoms with Crippen molar-refractivity contribution in [1.82, 2.24) is 0 Å². The van der Waals surface area contributed by atoms with Crippen molar-refractivity contribution in [2.75, 3.05) is 19.0 Å². The van der Waals surface area contributed by atoms with E-state index in [2.05, 4.69) is 18.3 Å². The summed E-state index contributed by atoms with van der Waals surface area (Å²) in [5.41, 5.74) is 0.219. The first-order valence-electron chi connectivity index (χ1n) is 8.08. The fourth-order valence-electron chi connectivity index (χ4n) is 3.30. The summed E-state index contributed by atoms with van der Waals surface area (Å²) in [6, 6.07) is 7.13. The summed E-state index contributed by atoms with van der Waals surface area (Å²) in [5, 5.41) is 12.1. The fraction of sp³-hybridized carbons (Fsp3) is 0.556.